The number of phenols is 1. The van der Waals surface area contributed by atoms with Crippen molar-refractivity contribution in [3.8, 4) is 22.6 Å². The number of ether oxygens (including phenoxy) is 1. The topological polar surface area (TPSA) is 188 Å². The zero-order chi connectivity index (χ0) is 46.4. The van der Waals surface area contributed by atoms with Gasteiger partial charge < -0.3 is 30.9 Å². The molecule has 5 atom stereocenters. The second kappa shape index (κ2) is 22.5. The van der Waals surface area contributed by atoms with Crippen LogP contribution in [0, 0.1) is 11.8 Å². The zero-order valence-corrected chi connectivity index (χ0v) is 37.0. The van der Waals surface area contributed by atoms with Crippen LogP contribution in [0.3, 0.4) is 0 Å². The summed E-state index contributed by atoms with van der Waals surface area (Å²) in [6.45, 7) is -0.316. The lowest BCUT2D eigenvalue weighted by Crippen LogP contribution is -2.54. The summed E-state index contributed by atoms with van der Waals surface area (Å²) in [5.41, 5.74) is 4.63. The molecular formula is C53H51N3O9S. The van der Waals surface area contributed by atoms with Crippen LogP contribution in [0.5, 0.6) is 11.5 Å². The Kier molecular flexibility index (Phi) is 15.9. The smallest absolute Gasteiger partial charge is 0.326 e. The van der Waals surface area contributed by atoms with Crippen molar-refractivity contribution in [2.75, 3.05) is 6.61 Å². The second-order valence-electron chi connectivity index (χ2n) is 16.6. The van der Waals surface area contributed by atoms with Gasteiger partial charge in [-0.15, -0.1) is 11.3 Å². The van der Waals surface area contributed by atoms with E-state index in [9.17, 15) is 39.0 Å². The van der Waals surface area contributed by atoms with Crippen molar-refractivity contribution < 1.29 is 43.7 Å². The lowest BCUT2D eigenvalue weighted by molar-refractivity contribution is -0.142. The molecule has 3 heterocycles. The standard InChI is InChI=1S/C53H51N3O9S/c57-42-21-15-37(16-22-42)29-48(53(63)64)56-50(60)40-26-35-17-23-44(24-18-35)65-33-43(58)30-41(31-45-12-7-25-66-45)51(61)55-47(28-36-13-19-39(20-14-36)38-10-5-2-6-11-38)52(62)54-46(49(59)32-40)27-34-8-3-1-4-9-34/h1-25,40-41,46-48,57H,26-33H2,(H,54,62)(H,55,61)(H,56,60)(H,63,64)/t40-,41+,46+,47-,48+/m1/s1. The van der Waals surface area contributed by atoms with Crippen molar-refractivity contribution in [1.82, 2.24) is 16.0 Å². The number of ketones is 2. The van der Waals surface area contributed by atoms with Gasteiger partial charge in [-0.3, -0.25) is 24.0 Å². The molecule has 2 aliphatic rings. The van der Waals surface area contributed by atoms with Gasteiger partial charge in [0.15, 0.2) is 11.6 Å². The molecule has 0 unspecified atom stereocenters. The molecule has 338 valence electrons. The van der Waals surface area contributed by atoms with Gasteiger partial charge in [-0.05, 0) is 88.4 Å². The Bertz CT molecular complexity index is 2590. The van der Waals surface area contributed by atoms with Gasteiger partial charge in [-0.2, -0.15) is 0 Å². The first kappa shape index (κ1) is 46.6. The van der Waals surface area contributed by atoms with Gasteiger partial charge in [0.25, 0.3) is 0 Å². The molecule has 0 spiro atoms. The Morgan fingerprint density at radius 3 is 1.94 bits per heavy atom. The Morgan fingerprint density at radius 1 is 0.652 bits per heavy atom. The number of Topliss-reactive ketones (excluding diaryl/α,β-unsaturated/α-hetero) is 2. The van der Waals surface area contributed by atoms with Gasteiger partial charge in [-0.1, -0.05) is 115 Å². The maximum Gasteiger partial charge on any atom is 0.326 e. The summed E-state index contributed by atoms with van der Waals surface area (Å²) in [5, 5.41) is 30.4. The summed E-state index contributed by atoms with van der Waals surface area (Å²) in [4.78, 5) is 84.9. The normalized spacial score (nSPS) is 19.0. The predicted molar refractivity (Wildman–Crippen MR) is 251 cm³/mol. The maximum atomic E-state index is 14.7. The van der Waals surface area contributed by atoms with Gasteiger partial charge in [-0.25, -0.2) is 4.79 Å². The lowest BCUT2D eigenvalue weighted by Gasteiger charge is -2.26. The molecule has 5 N–H and O–H groups in total. The van der Waals surface area contributed by atoms with Crippen molar-refractivity contribution in [2.45, 2.75) is 63.1 Å². The minimum Gasteiger partial charge on any atom is -0.508 e. The van der Waals surface area contributed by atoms with Crippen LogP contribution in [-0.4, -0.2) is 70.2 Å². The molecule has 12 nitrogen and oxygen atoms in total. The van der Waals surface area contributed by atoms with Crippen molar-refractivity contribution in [3.63, 3.8) is 0 Å². The van der Waals surface area contributed by atoms with Crippen molar-refractivity contribution in [2.24, 2.45) is 11.8 Å². The highest BCUT2D eigenvalue weighted by atomic mass is 32.1. The first-order valence-electron chi connectivity index (χ1n) is 21.8. The van der Waals surface area contributed by atoms with Crippen LogP contribution in [-0.2, 0) is 60.9 Å². The number of thiophene rings is 1. The van der Waals surface area contributed by atoms with E-state index in [1.807, 2.05) is 102 Å². The number of hydrogen-bond donors (Lipinski definition) is 5. The number of carboxylic acid groups (broad SMARTS) is 1. The summed E-state index contributed by atoms with van der Waals surface area (Å²) in [6.07, 6.45) is -0.224. The number of aliphatic carboxylic acids is 1. The van der Waals surface area contributed by atoms with E-state index in [1.54, 1.807) is 36.4 Å². The fourth-order valence-corrected chi connectivity index (χ4v) is 8.79. The third-order valence-electron chi connectivity index (χ3n) is 11.6. The number of carboxylic acids is 1. The number of hydrogen-bond acceptors (Lipinski definition) is 9. The van der Waals surface area contributed by atoms with E-state index in [4.69, 9.17) is 4.74 Å². The second-order valence-corrected chi connectivity index (χ2v) is 17.6. The van der Waals surface area contributed by atoms with E-state index in [1.165, 1.54) is 23.5 Å². The molecule has 5 aromatic carbocycles. The molecule has 0 fully saturated rings. The summed E-state index contributed by atoms with van der Waals surface area (Å²) < 4.78 is 5.86. The highest BCUT2D eigenvalue weighted by Crippen LogP contribution is 2.24. The first-order chi connectivity index (χ1) is 31.9. The fraction of sp³-hybridized carbons (Fsp3) is 0.245. The zero-order valence-electron chi connectivity index (χ0n) is 36.1. The number of aromatic hydroxyl groups is 1. The molecule has 2 aliphatic heterocycles. The van der Waals surface area contributed by atoms with Crippen LogP contribution in [0.25, 0.3) is 11.1 Å². The number of carbonyl (C=O) groups excluding carboxylic acids is 5. The Hall–Kier alpha value is -7.38. The molecule has 8 rings (SSSR count). The Morgan fingerprint density at radius 2 is 1.27 bits per heavy atom. The minimum atomic E-state index is -1.36. The summed E-state index contributed by atoms with van der Waals surface area (Å²) >= 11 is 1.46. The molecule has 6 aromatic rings. The molecular weight excluding hydrogens is 855 g/mol. The largest absolute Gasteiger partial charge is 0.508 e. The Labute approximate surface area is 387 Å². The van der Waals surface area contributed by atoms with Crippen LogP contribution < -0.4 is 20.7 Å². The monoisotopic (exact) mass is 905 g/mol. The molecule has 3 amide bonds. The molecule has 13 heteroatoms. The lowest BCUT2D eigenvalue weighted by atomic mass is 9.89. The average Bonchev–Trinajstić information content (AvgIpc) is 3.84. The van der Waals surface area contributed by atoms with E-state index in [0.717, 1.165) is 27.1 Å². The number of rotatable bonds is 12. The third kappa shape index (κ3) is 13.3. The van der Waals surface area contributed by atoms with Crippen LogP contribution >= 0.6 is 11.3 Å². The van der Waals surface area contributed by atoms with Gasteiger partial charge in [0, 0.05) is 42.4 Å². The number of carbonyl (C=O) groups is 6. The van der Waals surface area contributed by atoms with Gasteiger partial charge in [0.2, 0.25) is 17.7 Å². The summed E-state index contributed by atoms with van der Waals surface area (Å²) in [5.74, 6) is -5.47. The number of nitrogens with one attached hydrogen (secondary N) is 3. The van der Waals surface area contributed by atoms with Gasteiger partial charge in [0.05, 0.1) is 6.04 Å². The van der Waals surface area contributed by atoms with Gasteiger partial charge in [0.1, 0.15) is 30.2 Å². The van der Waals surface area contributed by atoms with E-state index < -0.39 is 59.4 Å². The molecule has 0 saturated heterocycles. The molecule has 2 bridgehead atoms. The molecule has 0 aliphatic carbocycles. The minimum absolute atomic E-state index is 0.00524. The third-order valence-corrected chi connectivity index (χ3v) is 12.5. The van der Waals surface area contributed by atoms with Crippen LogP contribution in [0.15, 0.2) is 151 Å². The number of phenolic OH excluding ortho intramolecular Hbond substituents is 1. The van der Waals surface area contributed by atoms with E-state index in [2.05, 4.69) is 16.0 Å². The number of benzene rings is 5. The molecule has 1 aromatic heterocycles. The fourth-order valence-electron chi connectivity index (χ4n) is 8.00. The molecule has 0 radical (unpaired) electrons. The first-order valence-corrected chi connectivity index (χ1v) is 22.7. The molecule has 0 saturated carbocycles. The van der Waals surface area contributed by atoms with Crippen LogP contribution in [0.2, 0.25) is 0 Å². The molecule has 66 heavy (non-hydrogen) atoms. The number of fused-ring (bicyclic) bond motifs is 16. The van der Waals surface area contributed by atoms with E-state index in [-0.39, 0.29) is 63.1 Å². The quantitative estimate of drug-likeness (QED) is 0.0889. The predicted octanol–water partition coefficient (Wildman–Crippen LogP) is 6.72. The highest BCUT2D eigenvalue weighted by Gasteiger charge is 2.34. The number of amides is 3. The van der Waals surface area contributed by atoms with Crippen LogP contribution in [0.4, 0.5) is 0 Å². The van der Waals surface area contributed by atoms with Crippen molar-refractivity contribution in [3.05, 3.63) is 178 Å². The maximum absolute atomic E-state index is 14.7. The summed E-state index contributed by atoms with van der Waals surface area (Å²) in [6, 6.07) is 39.3. The van der Waals surface area contributed by atoms with Gasteiger partial charge >= 0.3 is 5.97 Å². The van der Waals surface area contributed by atoms with Crippen molar-refractivity contribution in [1.29, 1.82) is 0 Å². The van der Waals surface area contributed by atoms with Crippen LogP contribution in [0.1, 0.15) is 40.0 Å². The SMILES string of the molecule is O=C1COc2ccc(cc2)C[C@@H](C(=O)N[C@@H](Cc2ccc(O)cc2)C(=O)O)CC(=O)[C@H](Cc2ccccc2)NC(=O)[C@@H](Cc2ccc(-c3ccccc3)cc2)NC(=O)[C@H](Cc2cccs2)C1. The average molecular weight is 906 g/mol. The summed E-state index contributed by atoms with van der Waals surface area (Å²) in [7, 11) is 0. The highest BCUT2D eigenvalue weighted by molar-refractivity contribution is 7.09. The Balaban J connectivity index is 1.22. The van der Waals surface area contributed by atoms with E-state index in [0.29, 0.717) is 16.9 Å². The van der Waals surface area contributed by atoms with E-state index >= 15 is 0 Å². The van der Waals surface area contributed by atoms with Crippen molar-refractivity contribution >= 4 is 46.6 Å².